The van der Waals surface area contributed by atoms with Crippen LogP contribution in [0.4, 0.5) is 5.69 Å². The summed E-state index contributed by atoms with van der Waals surface area (Å²) in [6, 6.07) is 15.2. The highest BCUT2D eigenvalue weighted by Gasteiger charge is 2.20. The Hall–Kier alpha value is -1.13. The van der Waals surface area contributed by atoms with Crippen LogP contribution in [0.1, 0.15) is 18.0 Å². The molecule has 1 heterocycles. The lowest BCUT2D eigenvalue weighted by Crippen LogP contribution is -2.15. The SMILES string of the molecule is COc1ccc(NC2CCSc3ccccc32)cc1Br. The summed E-state index contributed by atoms with van der Waals surface area (Å²) in [5, 5.41) is 3.63. The summed E-state index contributed by atoms with van der Waals surface area (Å²) in [5.41, 5.74) is 2.51. The maximum atomic E-state index is 5.27. The van der Waals surface area contributed by atoms with Crippen molar-refractivity contribution >= 4 is 33.4 Å². The van der Waals surface area contributed by atoms with Gasteiger partial charge < -0.3 is 10.1 Å². The molecule has 2 aromatic rings. The quantitative estimate of drug-likeness (QED) is 0.832. The first-order valence-corrected chi connectivity index (χ1v) is 8.37. The molecule has 0 aliphatic carbocycles. The molecule has 0 bridgehead atoms. The molecule has 0 amide bonds. The van der Waals surface area contributed by atoms with Gasteiger partial charge in [0.05, 0.1) is 17.6 Å². The van der Waals surface area contributed by atoms with E-state index in [2.05, 4.69) is 57.6 Å². The number of hydrogen-bond acceptors (Lipinski definition) is 3. The average Bonchev–Trinajstić information content (AvgIpc) is 2.48. The van der Waals surface area contributed by atoms with Crippen molar-refractivity contribution in [3.05, 3.63) is 52.5 Å². The summed E-state index contributed by atoms with van der Waals surface area (Å²) in [6.07, 6.45) is 1.14. The van der Waals surface area contributed by atoms with E-state index in [-0.39, 0.29) is 0 Å². The van der Waals surface area contributed by atoms with E-state index in [1.807, 2.05) is 17.8 Å². The van der Waals surface area contributed by atoms with E-state index in [9.17, 15) is 0 Å². The van der Waals surface area contributed by atoms with Crippen LogP contribution in [-0.2, 0) is 0 Å². The second kappa shape index (κ2) is 6.10. The summed E-state index contributed by atoms with van der Waals surface area (Å²) < 4.78 is 6.24. The maximum Gasteiger partial charge on any atom is 0.133 e. The summed E-state index contributed by atoms with van der Waals surface area (Å²) in [4.78, 5) is 1.39. The molecular weight excluding hydrogens is 334 g/mol. The molecule has 1 aliphatic heterocycles. The number of fused-ring (bicyclic) bond motifs is 1. The summed E-state index contributed by atoms with van der Waals surface area (Å²) in [5.74, 6) is 2.02. The maximum absolute atomic E-state index is 5.27. The predicted octanol–water partition coefficient (Wildman–Crippen LogP) is 5.11. The standard InChI is InChI=1S/C16H16BrNOS/c1-19-15-7-6-11(10-13(15)17)18-14-8-9-20-16-5-3-2-4-12(14)16/h2-7,10,14,18H,8-9H2,1H3. The topological polar surface area (TPSA) is 21.3 Å². The Labute approximate surface area is 132 Å². The molecule has 0 saturated carbocycles. The fraction of sp³-hybridized carbons (Fsp3) is 0.250. The van der Waals surface area contributed by atoms with Crippen molar-refractivity contribution in [1.82, 2.24) is 0 Å². The molecule has 1 aliphatic rings. The molecule has 104 valence electrons. The minimum Gasteiger partial charge on any atom is -0.496 e. The number of rotatable bonds is 3. The Morgan fingerprint density at radius 3 is 2.90 bits per heavy atom. The highest BCUT2D eigenvalue weighted by molar-refractivity contribution is 9.10. The third kappa shape index (κ3) is 2.81. The number of ether oxygens (including phenoxy) is 1. The molecule has 0 aromatic heterocycles. The first-order chi connectivity index (χ1) is 9.78. The van der Waals surface area contributed by atoms with E-state index in [1.54, 1.807) is 7.11 Å². The molecule has 0 fully saturated rings. The molecule has 4 heteroatoms. The van der Waals surface area contributed by atoms with Crippen molar-refractivity contribution in [2.45, 2.75) is 17.4 Å². The molecule has 0 radical (unpaired) electrons. The number of halogens is 1. The minimum absolute atomic E-state index is 0.382. The van der Waals surface area contributed by atoms with Gasteiger partial charge in [-0.2, -0.15) is 0 Å². The second-order valence-electron chi connectivity index (χ2n) is 4.72. The number of hydrogen-bond donors (Lipinski definition) is 1. The Bertz CT molecular complexity index is 617. The van der Waals surface area contributed by atoms with Gasteiger partial charge in [0.2, 0.25) is 0 Å². The van der Waals surface area contributed by atoms with Gasteiger partial charge in [0.1, 0.15) is 5.75 Å². The smallest absolute Gasteiger partial charge is 0.133 e. The van der Waals surface area contributed by atoms with Crippen LogP contribution in [-0.4, -0.2) is 12.9 Å². The van der Waals surface area contributed by atoms with Crippen molar-refractivity contribution in [3.8, 4) is 5.75 Å². The normalized spacial score (nSPS) is 17.4. The van der Waals surface area contributed by atoms with Gasteiger partial charge in [-0.15, -0.1) is 11.8 Å². The number of benzene rings is 2. The van der Waals surface area contributed by atoms with Crippen molar-refractivity contribution in [1.29, 1.82) is 0 Å². The van der Waals surface area contributed by atoms with Crippen LogP contribution in [0.5, 0.6) is 5.75 Å². The third-order valence-electron chi connectivity index (χ3n) is 3.45. The van der Waals surface area contributed by atoms with Crippen LogP contribution in [0.3, 0.4) is 0 Å². The second-order valence-corrected chi connectivity index (χ2v) is 6.71. The lowest BCUT2D eigenvalue weighted by Gasteiger charge is -2.27. The molecule has 1 N–H and O–H groups in total. The van der Waals surface area contributed by atoms with E-state index in [1.165, 1.54) is 10.5 Å². The number of methoxy groups -OCH3 is 1. The van der Waals surface area contributed by atoms with Crippen LogP contribution in [0.25, 0.3) is 0 Å². The summed E-state index contributed by atoms with van der Waals surface area (Å²) >= 11 is 5.48. The third-order valence-corrected chi connectivity index (χ3v) is 5.19. The molecule has 1 unspecified atom stereocenters. The summed E-state index contributed by atoms with van der Waals surface area (Å²) in [7, 11) is 1.68. The molecular formula is C16H16BrNOS. The van der Waals surface area contributed by atoms with Crippen molar-refractivity contribution < 1.29 is 4.74 Å². The minimum atomic E-state index is 0.382. The Morgan fingerprint density at radius 2 is 2.10 bits per heavy atom. The molecule has 2 nitrogen and oxygen atoms in total. The van der Waals surface area contributed by atoms with Gasteiger partial charge in [0, 0.05) is 16.3 Å². The lowest BCUT2D eigenvalue weighted by molar-refractivity contribution is 0.412. The van der Waals surface area contributed by atoms with Crippen molar-refractivity contribution in [3.63, 3.8) is 0 Å². The first-order valence-electron chi connectivity index (χ1n) is 6.60. The number of thioether (sulfide) groups is 1. The fourth-order valence-electron chi connectivity index (χ4n) is 2.45. The van der Waals surface area contributed by atoms with Crippen LogP contribution >= 0.6 is 27.7 Å². The number of nitrogens with one attached hydrogen (secondary N) is 1. The van der Waals surface area contributed by atoms with E-state index >= 15 is 0 Å². The zero-order valence-corrected chi connectivity index (χ0v) is 13.6. The Balaban J connectivity index is 1.84. The number of anilines is 1. The zero-order chi connectivity index (χ0) is 13.9. The molecule has 0 saturated heterocycles. The first kappa shape index (κ1) is 13.8. The van der Waals surface area contributed by atoms with E-state index < -0.39 is 0 Å². The van der Waals surface area contributed by atoms with Crippen LogP contribution in [0, 0.1) is 0 Å². The highest BCUT2D eigenvalue weighted by Crippen LogP contribution is 2.38. The molecule has 1 atom stereocenters. The van der Waals surface area contributed by atoms with E-state index in [4.69, 9.17) is 4.74 Å². The molecule has 2 aromatic carbocycles. The molecule has 20 heavy (non-hydrogen) atoms. The zero-order valence-electron chi connectivity index (χ0n) is 11.2. The van der Waals surface area contributed by atoms with E-state index in [0.29, 0.717) is 6.04 Å². The lowest BCUT2D eigenvalue weighted by atomic mass is 10.0. The van der Waals surface area contributed by atoms with Crippen LogP contribution in [0.15, 0.2) is 51.8 Å². The Morgan fingerprint density at radius 1 is 1.25 bits per heavy atom. The van der Waals surface area contributed by atoms with Gasteiger partial charge >= 0.3 is 0 Å². The monoisotopic (exact) mass is 349 g/mol. The van der Waals surface area contributed by atoms with E-state index in [0.717, 1.165) is 28.1 Å². The van der Waals surface area contributed by atoms with Gasteiger partial charge in [-0.3, -0.25) is 0 Å². The Kier molecular flexibility index (Phi) is 4.22. The van der Waals surface area contributed by atoms with Gasteiger partial charge in [0.25, 0.3) is 0 Å². The highest BCUT2D eigenvalue weighted by atomic mass is 79.9. The predicted molar refractivity (Wildman–Crippen MR) is 88.8 cm³/mol. The van der Waals surface area contributed by atoms with Crippen LogP contribution in [0.2, 0.25) is 0 Å². The van der Waals surface area contributed by atoms with Crippen LogP contribution < -0.4 is 10.1 Å². The van der Waals surface area contributed by atoms with Gasteiger partial charge in [-0.25, -0.2) is 0 Å². The van der Waals surface area contributed by atoms with Gasteiger partial charge in [0.15, 0.2) is 0 Å². The van der Waals surface area contributed by atoms with Gasteiger partial charge in [-0.05, 0) is 52.2 Å². The largest absolute Gasteiger partial charge is 0.496 e. The molecule has 3 rings (SSSR count). The fourth-order valence-corrected chi connectivity index (χ4v) is 4.12. The average molecular weight is 350 g/mol. The summed E-state index contributed by atoms with van der Waals surface area (Å²) in [6.45, 7) is 0. The van der Waals surface area contributed by atoms with Crippen molar-refractivity contribution in [2.75, 3.05) is 18.2 Å². The van der Waals surface area contributed by atoms with Gasteiger partial charge in [-0.1, -0.05) is 18.2 Å². The molecule has 0 spiro atoms. The van der Waals surface area contributed by atoms with Crippen molar-refractivity contribution in [2.24, 2.45) is 0 Å².